The van der Waals surface area contributed by atoms with E-state index in [-0.39, 0.29) is 17.4 Å². The fraction of sp³-hybridized carbons (Fsp3) is 0.176. The number of fused-ring (bicyclic) bond motifs is 3. The lowest BCUT2D eigenvalue weighted by atomic mass is 10.1. The van der Waals surface area contributed by atoms with Crippen LogP contribution in [0.5, 0.6) is 0 Å². The van der Waals surface area contributed by atoms with Crippen molar-refractivity contribution in [2.75, 3.05) is 0 Å². The van der Waals surface area contributed by atoms with E-state index in [1.54, 1.807) is 7.05 Å². The SMILES string of the molecule is Cn1c(=O)n(C)n(C2c3ccccc3-c3ccccc32)c1=O. The molecule has 0 radical (unpaired) electrons. The monoisotopic (exact) mass is 293 g/mol. The molecule has 1 aliphatic rings. The van der Waals surface area contributed by atoms with Crippen molar-refractivity contribution in [3.8, 4) is 11.1 Å². The molecule has 110 valence electrons. The molecule has 0 aliphatic heterocycles. The maximum absolute atomic E-state index is 12.5. The highest BCUT2D eigenvalue weighted by molar-refractivity contribution is 5.78. The van der Waals surface area contributed by atoms with Crippen LogP contribution >= 0.6 is 0 Å². The summed E-state index contributed by atoms with van der Waals surface area (Å²) in [6.07, 6.45) is 0. The van der Waals surface area contributed by atoms with E-state index in [2.05, 4.69) is 12.1 Å². The minimum absolute atomic E-state index is 0.265. The van der Waals surface area contributed by atoms with Crippen LogP contribution in [-0.2, 0) is 14.1 Å². The Balaban J connectivity index is 2.11. The van der Waals surface area contributed by atoms with Crippen molar-refractivity contribution in [1.29, 1.82) is 0 Å². The van der Waals surface area contributed by atoms with Crippen molar-refractivity contribution in [3.63, 3.8) is 0 Å². The molecule has 0 saturated heterocycles. The molecule has 0 fully saturated rings. The van der Waals surface area contributed by atoms with Gasteiger partial charge in [-0.15, -0.1) is 0 Å². The summed E-state index contributed by atoms with van der Waals surface area (Å²) in [6.45, 7) is 0. The van der Waals surface area contributed by atoms with Gasteiger partial charge in [-0.25, -0.2) is 23.5 Å². The van der Waals surface area contributed by atoms with E-state index >= 15 is 0 Å². The first-order valence-corrected chi connectivity index (χ1v) is 7.14. The second kappa shape index (κ2) is 4.34. The first kappa shape index (κ1) is 12.9. The minimum Gasteiger partial charge on any atom is -0.246 e. The normalized spacial score (nSPS) is 13.2. The van der Waals surface area contributed by atoms with Crippen molar-refractivity contribution in [2.45, 2.75) is 6.04 Å². The van der Waals surface area contributed by atoms with Crippen molar-refractivity contribution >= 4 is 0 Å². The van der Waals surface area contributed by atoms with Crippen LogP contribution in [-0.4, -0.2) is 13.9 Å². The van der Waals surface area contributed by atoms with E-state index in [9.17, 15) is 9.59 Å². The summed E-state index contributed by atoms with van der Waals surface area (Å²) >= 11 is 0. The van der Waals surface area contributed by atoms with E-state index in [0.717, 1.165) is 26.8 Å². The van der Waals surface area contributed by atoms with Gasteiger partial charge in [0.2, 0.25) is 0 Å². The molecule has 2 aromatic carbocycles. The van der Waals surface area contributed by atoms with Gasteiger partial charge < -0.3 is 0 Å². The Morgan fingerprint density at radius 1 is 0.773 bits per heavy atom. The zero-order chi connectivity index (χ0) is 15.4. The fourth-order valence-electron chi connectivity index (χ4n) is 3.35. The highest BCUT2D eigenvalue weighted by Crippen LogP contribution is 2.44. The molecule has 0 atom stereocenters. The number of aromatic nitrogens is 3. The summed E-state index contributed by atoms with van der Waals surface area (Å²) < 4.78 is 4.07. The van der Waals surface area contributed by atoms with Crippen molar-refractivity contribution < 1.29 is 0 Å². The summed E-state index contributed by atoms with van der Waals surface area (Å²) in [5, 5.41) is 0. The number of nitrogens with zero attached hydrogens (tertiary/aromatic N) is 3. The third kappa shape index (κ3) is 1.48. The predicted molar refractivity (Wildman–Crippen MR) is 84.0 cm³/mol. The second-order valence-corrected chi connectivity index (χ2v) is 5.57. The molecular formula is C17H15N3O2. The molecule has 0 spiro atoms. The standard InChI is InChI=1S/C17H15N3O2/c1-18-16(21)19(2)20(17(18)22)15-13-9-5-3-7-11(13)12-8-4-6-10-14(12)15/h3-10,15H,1-2H3. The molecule has 0 N–H and O–H groups in total. The molecule has 22 heavy (non-hydrogen) atoms. The summed E-state index contributed by atoms with van der Waals surface area (Å²) in [6, 6.07) is 15.8. The Bertz CT molecular complexity index is 962. The smallest absolute Gasteiger partial charge is 0.246 e. The first-order chi connectivity index (χ1) is 10.6. The Kier molecular flexibility index (Phi) is 2.54. The van der Waals surface area contributed by atoms with Gasteiger partial charge >= 0.3 is 11.4 Å². The molecule has 0 saturated carbocycles. The predicted octanol–water partition coefficient (Wildman–Crippen LogP) is 1.50. The van der Waals surface area contributed by atoms with E-state index in [4.69, 9.17) is 0 Å². The molecule has 0 amide bonds. The minimum atomic E-state index is -0.313. The largest absolute Gasteiger partial charge is 0.347 e. The molecular weight excluding hydrogens is 278 g/mol. The second-order valence-electron chi connectivity index (χ2n) is 5.57. The van der Waals surface area contributed by atoms with Crippen molar-refractivity contribution in [3.05, 3.63) is 80.6 Å². The maximum Gasteiger partial charge on any atom is 0.347 e. The van der Waals surface area contributed by atoms with Crippen LogP contribution in [0.4, 0.5) is 0 Å². The lowest BCUT2D eigenvalue weighted by Crippen LogP contribution is -2.30. The molecule has 5 nitrogen and oxygen atoms in total. The number of hydrogen-bond donors (Lipinski definition) is 0. The Labute approximate surface area is 126 Å². The molecule has 0 bridgehead atoms. The quantitative estimate of drug-likeness (QED) is 0.534. The van der Waals surface area contributed by atoms with Crippen molar-refractivity contribution in [2.24, 2.45) is 14.1 Å². The molecule has 1 aromatic heterocycles. The molecule has 4 rings (SSSR count). The van der Waals surface area contributed by atoms with Crippen LogP contribution in [0.3, 0.4) is 0 Å². The fourth-order valence-corrected chi connectivity index (χ4v) is 3.35. The molecule has 1 aliphatic carbocycles. The molecule has 1 heterocycles. The zero-order valence-electron chi connectivity index (χ0n) is 12.4. The highest BCUT2D eigenvalue weighted by atomic mass is 16.2. The number of rotatable bonds is 1. The van der Waals surface area contributed by atoms with Crippen molar-refractivity contribution in [1.82, 2.24) is 13.9 Å². The van der Waals surface area contributed by atoms with Gasteiger partial charge in [0, 0.05) is 14.1 Å². The van der Waals surface area contributed by atoms with Crippen LogP contribution < -0.4 is 11.4 Å². The summed E-state index contributed by atoms with van der Waals surface area (Å²) in [5.74, 6) is 0. The Hall–Kier alpha value is -2.82. The first-order valence-electron chi connectivity index (χ1n) is 7.14. The van der Waals surface area contributed by atoms with Gasteiger partial charge in [0.05, 0.1) is 0 Å². The Morgan fingerprint density at radius 2 is 1.27 bits per heavy atom. The molecule has 0 unspecified atom stereocenters. The lowest BCUT2D eigenvalue weighted by molar-refractivity contribution is 0.477. The summed E-state index contributed by atoms with van der Waals surface area (Å²) in [4.78, 5) is 24.6. The summed E-state index contributed by atoms with van der Waals surface area (Å²) in [5.41, 5.74) is 3.72. The van der Waals surface area contributed by atoms with E-state index in [1.807, 2.05) is 36.4 Å². The van der Waals surface area contributed by atoms with Gasteiger partial charge in [-0.05, 0) is 22.3 Å². The van der Waals surface area contributed by atoms with Gasteiger partial charge in [0.15, 0.2) is 0 Å². The maximum atomic E-state index is 12.5. The third-order valence-corrected chi connectivity index (χ3v) is 4.42. The average molecular weight is 293 g/mol. The van der Waals surface area contributed by atoms with Crippen LogP contribution in [0.2, 0.25) is 0 Å². The van der Waals surface area contributed by atoms with E-state index < -0.39 is 0 Å². The molecule has 3 aromatic rings. The van der Waals surface area contributed by atoms with Gasteiger partial charge in [-0.3, -0.25) is 0 Å². The lowest BCUT2D eigenvalue weighted by Gasteiger charge is -2.16. The van der Waals surface area contributed by atoms with E-state index in [0.29, 0.717) is 0 Å². The highest BCUT2D eigenvalue weighted by Gasteiger charge is 2.32. The van der Waals surface area contributed by atoms with Gasteiger partial charge in [0.25, 0.3) is 0 Å². The van der Waals surface area contributed by atoms with Crippen LogP contribution in [0.25, 0.3) is 11.1 Å². The average Bonchev–Trinajstić information content (AvgIpc) is 2.97. The van der Waals surface area contributed by atoms with Crippen LogP contribution in [0.1, 0.15) is 17.2 Å². The van der Waals surface area contributed by atoms with E-state index in [1.165, 1.54) is 16.4 Å². The van der Waals surface area contributed by atoms with Crippen LogP contribution in [0, 0.1) is 0 Å². The third-order valence-electron chi connectivity index (χ3n) is 4.42. The zero-order valence-corrected chi connectivity index (χ0v) is 12.4. The van der Waals surface area contributed by atoms with Crippen LogP contribution in [0.15, 0.2) is 58.1 Å². The number of benzene rings is 2. The molecule has 5 heteroatoms. The Morgan fingerprint density at radius 3 is 1.73 bits per heavy atom. The summed E-state index contributed by atoms with van der Waals surface area (Å²) in [7, 11) is 3.14. The van der Waals surface area contributed by atoms with Gasteiger partial charge in [0.1, 0.15) is 6.04 Å². The topological polar surface area (TPSA) is 48.9 Å². The van der Waals surface area contributed by atoms with Gasteiger partial charge in [-0.1, -0.05) is 48.5 Å². The van der Waals surface area contributed by atoms with Gasteiger partial charge in [-0.2, -0.15) is 0 Å². The number of hydrogen-bond acceptors (Lipinski definition) is 2.